The molecule has 0 aliphatic carbocycles. The first-order chi connectivity index (χ1) is 11.7. The van der Waals surface area contributed by atoms with Crippen molar-refractivity contribution in [3.05, 3.63) is 52.9 Å². The second-order valence-corrected chi connectivity index (χ2v) is 5.19. The molecule has 25 heavy (non-hydrogen) atoms. The average Bonchev–Trinajstić information content (AvgIpc) is 2.53. The largest absolute Gasteiger partial charge is 0.414 e. The van der Waals surface area contributed by atoms with E-state index in [0.29, 0.717) is 16.3 Å². The normalized spacial score (nSPS) is 11.9. The van der Waals surface area contributed by atoms with Gasteiger partial charge in [0.05, 0.1) is 0 Å². The lowest BCUT2D eigenvalue weighted by atomic mass is 10.2. The van der Waals surface area contributed by atoms with E-state index >= 15 is 0 Å². The molecule has 9 heteroatoms. The molecule has 5 nitrogen and oxygen atoms in total. The molecular weight excluding hydrogens is 359 g/mol. The number of rotatable bonds is 2. The van der Waals surface area contributed by atoms with Gasteiger partial charge in [0, 0.05) is 29.6 Å². The maximum Gasteiger partial charge on any atom is 0.414 e. The fourth-order valence-electron chi connectivity index (χ4n) is 1.52. The molecule has 2 aromatic rings. The predicted molar refractivity (Wildman–Crippen MR) is 84.1 cm³/mol. The van der Waals surface area contributed by atoms with Gasteiger partial charge >= 0.3 is 12.3 Å². The van der Waals surface area contributed by atoms with Crippen LogP contribution in [-0.2, 0) is 0 Å². The van der Waals surface area contributed by atoms with Crippen molar-refractivity contribution in [3.63, 3.8) is 0 Å². The third-order valence-corrected chi connectivity index (χ3v) is 3.04. The Bertz CT molecular complexity index is 814. The standard InChI is InChI=1S/C16H11ClF3N3O2/c1-10(16(18,19)20)23-15(24)25-14-5-4-12(9-22-14)3-2-11-6-7-21-13(17)8-11/h4-10H,1H3,(H,23,24)/t10-/m0/s1. The van der Waals surface area contributed by atoms with E-state index in [9.17, 15) is 18.0 Å². The van der Waals surface area contributed by atoms with Gasteiger partial charge in [0.15, 0.2) is 0 Å². The van der Waals surface area contributed by atoms with Crippen LogP contribution in [0.1, 0.15) is 18.1 Å². The second kappa shape index (κ2) is 7.85. The van der Waals surface area contributed by atoms with Crippen molar-refractivity contribution < 1.29 is 22.7 Å². The van der Waals surface area contributed by atoms with Gasteiger partial charge in [0.1, 0.15) is 11.2 Å². The van der Waals surface area contributed by atoms with Crippen LogP contribution in [-0.4, -0.2) is 28.3 Å². The highest BCUT2D eigenvalue weighted by Crippen LogP contribution is 2.19. The van der Waals surface area contributed by atoms with Gasteiger partial charge in [-0.25, -0.2) is 14.8 Å². The first kappa shape index (κ1) is 18.5. The highest BCUT2D eigenvalue weighted by molar-refractivity contribution is 6.29. The molecule has 0 aliphatic rings. The maximum atomic E-state index is 12.3. The van der Waals surface area contributed by atoms with E-state index in [1.165, 1.54) is 24.5 Å². The second-order valence-electron chi connectivity index (χ2n) is 4.80. The van der Waals surface area contributed by atoms with Gasteiger partial charge in [-0.2, -0.15) is 13.2 Å². The van der Waals surface area contributed by atoms with Crippen LogP contribution in [0.2, 0.25) is 5.15 Å². The SMILES string of the molecule is C[C@H](NC(=O)Oc1ccc(C#Cc2ccnc(Cl)c2)cn1)C(F)(F)F. The molecular formula is C16H11ClF3N3O2. The van der Waals surface area contributed by atoms with Crippen molar-refractivity contribution in [3.8, 4) is 17.7 Å². The van der Waals surface area contributed by atoms with Gasteiger partial charge in [-0.3, -0.25) is 0 Å². The number of nitrogens with zero attached hydrogens (tertiary/aromatic N) is 2. The van der Waals surface area contributed by atoms with E-state index < -0.39 is 18.3 Å². The van der Waals surface area contributed by atoms with Crippen molar-refractivity contribution in [1.82, 2.24) is 15.3 Å². The number of alkyl halides is 3. The zero-order chi connectivity index (χ0) is 18.4. The molecule has 0 saturated heterocycles. The summed E-state index contributed by atoms with van der Waals surface area (Å²) in [4.78, 5) is 19.0. The Balaban J connectivity index is 1.97. The number of amides is 1. The van der Waals surface area contributed by atoms with Gasteiger partial charge in [0.25, 0.3) is 0 Å². The number of nitrogens with one attached hydrogen (secondary N) is 1. The number of pyridine rings is 2. The van der Waals surface area contributed by atoms with Crippen LogP contribution in [0.5, 0.6) is 5.88 Å². The van der Waals surface area contributed by atoms with E-state index in [2.05, 4.69) is 26.5 Å². The Labute approximate surface area is 146 Å². The summed E-state index contributed by atoms with van der Waals surface area (Å²) in [6.45, 7) is 0.804. The summed E-state index contributed by atoms with van der Waals surface area (Å²) in [7, 11) is 0. The maximum absolute atomic E-state index is 12.3. The lowest BCUT2D eigenvalue weighted by molar-refractivity contribution is -0.149. The number of aromatic nitrogens is 2. The third-order valence-electron chi connectivity index (χ3n) is 2.84. The lowest BCUT2D eigenvalue weighted by Gasteiger charge is -2.16. The number of halogens is 4. The molecule has 0 spiro atoms. The van der Waals surface area contributed by atoms with Crippen molar-refractivity contribution in [2.24, 2.45) is 0 Å². The summed E-state index contributed by atoms with van der Waals surface area (Å²) in [5.74, 6) is 5.51. The van der Waals surface area contributed by atoms with E-state index in [1.54, 1.807) is 17.4 Å². The molecule has 0 fully saturated rings. The minimum absolute atomic E-state index is 0.149. The third kappa shape index (κ3) is 5.97. The number of ether oxygens (including phenoxy) is 1. The van der Waals surface area contributed by atoms with Gasteiger partial charge < -0.3 is 10.1 Å². The minimum atomic E-state index is -4.55. The van der Waals surface area contributed by atoms with E-state index in [1.807, 2.05) is 0 Å². The lowest BCUT2D eigenvalue weighted by Crippen LogP contribution is -2.44. The van der Waals surface area contributed by atoms with Crippen LogP contribution < -0.4 is 10.1 Å². The smallest absolute Gasteiger partial charge is 0.391 e. The zero-order valence-electron chi connectivity index (χ0n) is 12.8. The molecule has 130 valence electrons. The fraction of sp³-hybridized carbons (Fsp3) is 0.188. The first-order valence-electron chi connectivity index (χ1n) is 6.89. The van der Waals surface area contributed by atoms with Crippen LogP contribution in [0.15, 0.2) is 36.7 Å². The number of carbonyl (C=O) groups excluding carboxylic acids is 1. The monoisotopic (exact) mass is 369 g/mol. The van der Waals surface area contributed by atoms with Crippen molar-refractivity contribution in [2.45, 2.75) is 19.1 Å². The summed E-state index contributed by atoms with van der Waals surface area (Å²) < 4.78 is 41.7. The van der Waals surface area contributed by atoms with Crippen molar-refractivity contribution in [1.29, 1.82) is 0 Å². The molecule has 1 N–H and O–H groups in total. The van der Waals surface area contributed by atoms with Gasteiger partial charge in [-0.1, -0.05) is 23.4 Å². The average molecular weight is 370 g/mol. The van der Waals surface area contributed by atoms with Crippen molar-refractivity contribution in [2.75, 3.05) is 0 Å². The van der Waals surface area contributed by atoms with E-state index in [4.69, 9.17) is 11.6 Å². The molecule has 0 radical (unpaired) electrons. The highest BCUT2D eigenvalue weighted by Gasteiger charge is 2.37. The summed E-state index contributed by atoms with van der Waals surface area (Å²) >= 11 is 5.74. The van der Waals surface area contributed by atoms with E-state index in [0.717, 1.165) is 6.92 Å². The zero-order valence-corrected chi connectivity index (χ0v) is 13.5. The number of hydrogen-bond acceptors (Lipinski definition) is 4. The predicted octanol–water partition coefficient (Wildman–Crippen LogP) is 3.57. The summed E-state index contributed by atoms with van der Waals surface area (Å²) in [5.41, 5.74) is 1.17. The molecule has 0 bridgehead atoms. The molecule has 2 rings (SSSR count). The quantitative estimate of drug-likeness (QED) is 0.649. The summed E-state index contributed by atoms with van der Waals surface area (Å²) in [6, 6.07) is 4.07. The molecule has 1 atom stereocenters. The minimum Gasteiger partial charge on any atom is -0.391 e. The highest BCUT2D eigenvalue weighted by atomic mass is 35.5. The van der Waals surface area contributed by atoms with Crippen LogP contribution >= 0.6 is 11.6 Å². The Morgan fingerprint density at radius 3 is 2.56 bits per heavy atom. The molecule has 0 aromatic carbocycles. The molecule has 0 saturated carbocycles. The Morgan fingerprint density at radius 2 is 1.96 bits per heavy atom. The van der Waals surface area contributed by atoms with Crippen LogP contribution in [0.4, 0.5) is 18.0 Å². The summed E-state index contributed by atoms with van der Waals surface area (Å²) in [5, 5.41) is 1.98. The van der Waals surface area contributed by atoms with Gasteiger partial charge in [-0.15, -0.1) is 0 Å². The van der Waals surface area contributed by atoms with Gasteiger partial charge in [-0.05, 0) is 25.1 Å². The Hall–Kier alpha value is -2.79. The first-order valence-corrected chi connectivity index (χ1v) is 7.26. The molecule has 2 aromatic heterocycles. The Morgan fingerprint density at radius 1 is 1.24 bits per heavy atom. The fourth-order valence-corrected chi connectivity index (χ4v) is 1.70. The molecule has 1 amide bonds. The molecule has 0 aliphatic heterocycles. The number of hydrogen-bond donors (Lipinski definition) is 1. The van der Waals surface area contributed by atoms with Crippen molar-refractivity contribution >= 4 is 17.7 Å². The Kier molecular flexibility index (Phi) is 5.83. The van der Waals surface area contributed by atoms with Crippen LogP contribution in [0, 0.1) is 11.8 Å². The summed E-state index contributed by atoms with van der Waals surface area (Å²) in [6.07, 6.45) is -2.96. The molecule has 0 unspecified atom stereocenters. The van der Waals surface area contributed by atoms with Crippen LogP contribution in [0.25, 0.3) is 0 Å². The van der Waals surface area contributed by atoms with Gasteiger partial charge in [0.2, 0.25) is 5.88 Å². The number of carbonyl (C=O) groups is 1. The topological polar surface area (TPSA) is 64.1 Å². The van der Waals surface area contributed by atoms with Crippen LogP contribution in [0.3, 0.4) is 0 Å². The van der Waals surface area contributed by atoms with E-state index in [-0.39, 0.29) is 5.88 Å². The molecule has 2 heterocycles.